The van der Waals surface area contributed by atoms with Gasteiger partial charge in [0, 0.05) is 34.6 Å². The number of amides is 1. The van der Waals surface area contributed by atoms with Gasteiger partial charge in [-0.2, -0.15) is 5.10 Å². The Bertz CT molecular complexity index is 1130. The van der Waals surface area contributed by atoms with E-state index in [2.05, 4.69) is 86.1 Å². The van der Waals surface area contributed by atoms with Crippen molar-refractivity contribution in [1.29, 1.82) is 0 Å². The molecule has 0 saturated carbocycles. The van der Waals surface area contributed by atoms with Crippen LogP contribution in [-0.4, -0.2) is 45.7 Å². The topological polar surface area (TPSA) is 87.4 Å². The van der Waals surface area contributed by atoms with E-state index >= 15 is 0 Å². The standard InChI is InChI=1S/C25H30IN7OS/c1-4-15-33-23(17-27-21-11-9-20(26)10-12-21)29-31-25(33)35-18-24(34)30-28-16-19-7-13-22(14-8-19)32(5-2)6-3/h4,7-14,16,27H,1,5-6,15,17-18H2,2-3H3,(H,30,34)/b28-16-. The molecule has 0 atom stereocenters. The summed E-state index contributed by atoms with van der Waals surface area (Å²) in [5, 5.41) is 16.7. The normalized spacial score (nSPS) is 10.9. The van der Waals surface area contributed by atoms with E-state index in [9.17, 15) is 4.79 Å². The molecule has 1 amide bonds. The Balaban J connectivity index is 1.51. The van der Waals surface area contributed by atoms with E-state index < -0.39 is 0 Å². The largest absolute Gasteiger partial charge is 0.378 e. The maximum atomic E-state index is 12.3. The van der Waals surface area contributed by atoms with Crippen molar-refractivity contribution in [1.82, 2.24) is 20.2 Å². The zero-order valence-corrected chi connectivity index (χ0v) is 22.9. The highest BCUT2D eigenvalue weighted by Gasteiger charge is 2.13. The number of nitrogens with one attached hydrogen (secondary N) is 2. The van der Waals surface area contributed by atoms with Crippen LogP contribution in [0, 0.1) is 3.57 Å². The Morgan fingerprint density at radius 2 is 1.86 bits per heavy atom. The van der Waals surface area contributed by atoms with Crippen LogP contribution in [0.5, 0.6) is 0 Å². The molecule has 35 heavy (non-hydrogen) atoms. The third kappa shape index (κ3) is 8.10. The summed E-state index contributed by atoms with van der Waals surface area (Å²) in [6, 6.07) is 16.2. The molecule has 0 bridgehead atoms. The van der Waals surface area contributed by atoms with E-state index in [1.54, 1.807) is 12.3 Å². The number of hydrogen-bond donors (Lipinski definition) is 2. The van der Waals surface area contributed by atoms with Gasteiger partial charge in [-0.25, -0.2) is 5.43 Å². The molecule has 0 fully saturated rings. The first kappa shape index (κ1) is 26.7. The average molecular weight is 604 g/mol. The monoisotopic (exact) mass is 603 g/mol. The van der Waals surface area contributed by atoms with Crippen LogP contribution >= 0.6 is 34.4 Å². The number of aromatic nitrogens is 3. The summed E-state index contributed by atoms with van der Waals surface area (Å²) < 4.78 is 3.13. The quantitative estimate of drug-likeness (QED) is 0.0963. The Hall–Kier alpha value is -2.86. The van der Waals surface area contributed by atoms with Crippen LogP contribution in [0.3, 0.4) is 0 Å². The predicted octanol–water partition coefficient (Wildman–Crippen LogP) is 4.77. The molecular formula is C25H30IN7OS. The number of benzene rings is 2. The van der Waals surface area contributed by atoms with E-state index in [0.717, 1.165) is 30.2 Å². The molecule has 3 rings (SSSR count). The summed E-state index contributed by atoms with van der Waals surface area (Å²) in [7, 11) is 0. The van der Waals surface area contributed by atoms with E-state index in [4.69, 9.17) is 0 Å². The first-order valence-corrected chi connectivity index (χ1v) is 13.4. The van der Waals surface area contributed by atoms with Crippen molar-refractivity contribution in [2.75, 3.05) is 29.1 Å². The molecule has 0 saturated heterocycles. The van der Waals surface area contributed by atoms with Gasteiger partial charge < -0.3 is 14.8 Å². The smallest absolute Gasteiger partial charge is 0.250 e. The molecule has 2 aromatic carbocycles. The highest BCUT2D eigenvalue weighted by Crippen LogP contribution is 2.19. The minimum atomic E-state index is -0.210. The zero-order chi connectivity index (χ0) is 25.0. The molecule has 10 heteroatoms. The summed E-state index contributed by atoms with van der Waals surface area (Å²) in [6.07, 6.45) is 3.43. The molecule has 184 valence electrons. The van der Waals surface area contributed by atoms with E-state index in [-0.39, 0.29) is 11.7 Å². The second kappa shape index (κ2) is 13.9. The maximum Gasteiger partial charge on any atom is 0.250 e. The van der Waals surface area contributed by atoms with Gasteiger partial charge in [0.2, 0.25) is 0 Å². The number of hydrogen-bond acceptors (Lipinski definition) is 7. The second-order valence-corrected chi connectivity index (χ2v) is 9.69. The number of carbonyl (C=O) groups excluding carboxylic acids is 1. The Morgan fingerprint density at radius 1 is 1.14 bits per heavy atom. The summed E-state index contributed by atoms with van der Waals surface area (Å²) in [5.41, 5.74) is 5.68. The number of hydrazone groups is 1. The summed E-state index contributed by atoms with van der Waals surface area (Å²) in [4.78, 5) is 14.6. The molecule has 0 aliphatic rings. The van der Waals surface area contributed by atoms with Gasteiger partial charge in [0.05, 0.1) is 18.5 Å². The Morgan fingerprint density at radius 3 is 2.51 bits per heavy atom. The molecule has 0 aliphatic carbocycles. The van der Waals surface area contributed by atoms with Gasteiger partial charge in [-0.05, 0) is 78.4 Å². The molecule has 0 radical (unpaired) electrons. The molecular weight excluding hydrogens is 573 g/mol. The summed E-state index contributed by atoms with van der Waals surface area (Å²) >= 11 is 3.59. The number of thioether (sulfide) groups is 1. The number of carbonyl (C=O) groups is 1. The van der Waals surface area contributed by atoms with Crippen molar-refractivity contribution < 1.29 is 4.79 Å². The van der Waals surface area contributed by atoms with Crippen LogP contribution in [0.2, 0.25) is 0 Å². The van der Waals surface area contributed by atoms with Gasteiger partial charge in [0.25, 0.3) is 5.91 Å². The van der Waals surface area contributed by atoms with Crippen LogP contribution in [0.25, 0.3) is 0 Å². The number of allylic oxidation sites excluding steroid dienone is 1. The fourth-order valence-corrected chi connectivity index (χ4v) is 4.44. The fourth-order valence-electron chi connectivity index (χ4n) is 3.32. The van der Waals surface area contributed by atoms with Crippen LogP contribution in [-0.2, 0) is 17.9 Å². The molecule has 0 spiro atoms. The van der Waals surface area contributed by atoms with Crippen molar-refractivity contribution in [3.8, 4) is 0 Å². The van der Waals surface area contributed by atoms with Crippen molar-refractivity contribution in [2.24, 2.45) is 5.10 Å². The van der Waals surface area contributed by atoms with Crippen molar-refractivity contribution in [2.45, 2.75) is 32.1 Å². The van der Waals surface area contributed by atoms with Gasteiger partial charge in [0.15, 0.2) is 11.0 Å². The molecule has 3 aromatic rings. The Labute approximate surface area is 224 Å². The molecule has 1 aromatic heterocycles. The molecule has 8 nitrogen and oxygen atoms in total. The van der Waals surface area contributed by atoms with E-state index in [0.29, 0.717) is 18.2 Å². The highest BCUT2D eigenvalue weighted by atomic mass is 127. The highest BCUT2D eigenvalue weighted by molar-refractivity contribution is 14.1. The van der Waals surface area contributed by atoms with Crippen molar-refractivity contribution in [3.63, 3.8) is 0 Å². The van der Waals surface area contributed by atoms with Gasteiger partial charge >= 0.3 is 0 Å². The molecule has 1 heterocycles. The lowest BCUT2D eigenvalue weighted by Gasteiger charge is -2.20. The Kier molecular flexibility index (Phi) is 10.6. The van der Waals surface area contributed by atoms with Crippen LogP contribution in [0.15, 0.2) is 71.4 Å². The third-order valence-corrected chi connectivity index (χ3v) is 6.84. The minimum absolute atomic E-state index is 0.179. The number of anilines is 2. The van der Waals surface area contributed by atoms with Crippen molar-refractivity contribution in [3.05, 3.63) is 76.1 Å². The summed E-state index contributed by atoms with van der Waals surface area (Å²) in [5.74, 6) is 0.744. The van der Waals surface area contributed by atoms with Gasteiger partial charge in [-0.3, -0.25) is 4.79 Å². The van der Waals surface area contributed by atoms with Crippen LogP contribution in [0.4, 0.5) is 11.4 Å². The number of nitrogens with zero attached hydrogens (tertiary/aromatic N) is 5. The lowest BCUT2D eigenvalue weighted by Crippen LogP contribution is -2.21. The first-order valence-electron chi connectivity index (χ1n) is 11.4. The predicted molar refractivity (Wildman–Crippen MR) is 153 cm³/mol. The molecule has 0 unspecified atom stereocenters. The molecule has 2 N–H and O–H groups in total. The second-order valence-electron chi connectivity index (χ2n) is 7.50. The zero-order valence-electron chi connectivity index (χ0n) is 19.9. The maximum absolute atomic E-state index is 12.3. The number of rotatable bonds is 13. The minimum Gasteiger partial charge on any atom is -0.378 e. The lowest BCUT2D eigenvalue weighted by molar-refractivity contribution is -0.118. The van der Waals surface area contributed by atoms with Crippen LogP contribution in [0.1, 0.15) is 25.2 Å². The van der Waals surface area contributed by atoms with E-state index in [1.807, 2.05) is 41.0 Å². The van der Waals surface area contributed by atoms with Gasteiger partial charge in [-0.1, -0.05) is 30.0 Å². The van der Waals surface area contributed by atoms with Crippen molar-refractivity contribution >= 4 is 57.8 Å². The molecule has 0 aliphatic heterocycles. The lowest BCUT2D eigenvalue weighted by atomic mass is 10.2. The van der Waals surface area contributed by atoms with Gasteiger partial charge in [0.1, 0.15) is 0 Å². The number of halogens is 1. The SMILES string of the molecule is C=CCn1c(CNc2ccc(I)cc2)nnc1SCC(=O)N/N=C\c1ccc(N(CC)CC)cc1. The van der Waals surface area contributed by atoms with E-state index in [1.165, 1.54) is 21.0 Å². The van der Waals surface area contributed by atoms with Gasteiger partial charge in [-0.15, -0.1) is 16.8 Å². The summed E-state index contributed by atoms with van der Waals surface area (Å²) in [6.45, 7) is 11.1. The average Bonchev–Trinajstić information content (AvgIpc) is 3.25. The first-order chi connectivity index (χ1) is 17.0. The third-order valence-electron chi connectivity index (χ3n) is 5.16. The van der Waals surface area contributed by atoms with Crippen LogP contribution < -0.4 is 15.6 Å². The fraction of sp³-hybridized carbons (Fsp3) is 0.280.